The van der Waals surface area contributed by atoms with Crippen LogP contribution in [0.25, 0.3) is 0 Å². The molecule has 1 aromatic carbocycles. The molecule has 2 atom stereocenters. The summed E-state index contributed by atoms with van der Waals surface area (Å²) in [5, 5.41) is 0. The van der Waals surface area contributed by atoms with Crippen LogP contribution < -0.4 is 0 Å². The van der Waals surface area contributed by atoms with E-state index in [2.05, 4.69) is 9.97 Å². The van der Waals surface area contributed by atoms with E-state index in [1.807, 2.05) is 44.2 Å². The van der Waals surface area contributed by atoms with Gasteiger partial charge in [0.1, 0.15) is 12.6 Å². The summed E-state index contributed by atoms with van der Waals surface area (Å²) in [5.41, 5.74) is 2.51. The molecule has 7 heteroatoms. The van der Waals surface area contributed by atoms with Gasteiger partial charge in [0.2, 0.25) is 0 Å². The molecule has 0 fully saturated rings. The summed E-state index contributed by atoms with van der Waals surface area (Å²) in [6, 6.07) is 8.34. The maximum Gasteiger partial charge on any atom is 0.411 e. The van der Waals surface area contributed by atoms with Crippen LogP contribution >= 0.6 is 0 Å². The van der Waals surface area contributed by atoms with Crippen LogP contribution in [-0.4, -0.2) is 40.1 Å². The number of aromatic amines is 1. The van der Waals surface area contributed by atoms with Crippen LogP contribution in [0.1, 0.15) is 36.8 Å². The highest BCUT2D eigenvalue weighted by molar-refractivity contribution is 5.82. The third-order valence-corrected chi connectivity index (χ3v) is 4.59. The molecular weight excluding hydrogens is 334 g/mol. The number of nitrogens with one attached hydrogen (secondary N) is 1. The van der Waals surface area contributed by atoms with E-state index in [-0.39, 0.29) is 18.6 Å². The molecule has 0 saturated heterocycles. The number of hydrogen-bond acceptors (Lipinski definition) is 5. The van der Waals surface area contributed by atoms with Gasteiger partial charge >= 0.3 is 12.1 Å². The third kappa shape index (κ3) is 3.42. The van der Waals surface area contributed by atoms with E-state index in [0.717, 1.165) is 17.0 Å². The zero-order valence-corrected chi connectivity index (χ0v) is 15.1. The quantitative estimate of drug-likeness (QED) is 0.851. The van der Waals surface area contributed by atoms with Gasteiger partial charge in [-0.15, -0.1) is 0 Å². The smallest absolute Gasteiger partial charge is 0.411 e. The normalized spacial score (nSPS) is 19.2. The highest BCUT2D eigenvalue weighted by Gasteiger charge is 2.45. The molecule has 1 amide bonds. The molecule has 138 valence electrons. The van der Waals surface area contributed by atoms with Gasteiger partial charge in [0, 0.05) is 6.42 Å². The number of benzene rings is 1. The molecule has 0 saturated carbocycles. The first-order valence-electron chi connectivity index (χ1n) is 8.62. The molecule has 3 rings (SSSR count). The van der Waals surface area contributed by atoms with Crippen LogP contribution in [0.4, 0.5) is 4.79 Å². The van der Waals surface area contributed by atoms with Gasteiger partial charge in [-0.1, -0.05) is 44.2 Å². The zero-order valence-electron chi connectivity index (χ0n) is 15.1. The molecular formula is C19H23N3O4. The maximum atomic E-state index is 12.9. The number of rotatable bonds is 4. The van der Waals surface area contributed by atoms with E-state index in [9.17, 15) is 9.59 Å². The molecule has 0 radical (unpaired) electrons. The molecule has 0 unspecified atom stereocenters. The number of ether oxygens (including phenoxy) is 2. The van der Waals surface area contributed by atoms with Gasteiger partial charge in [0.25, 0.3) is 0 Å². The minimum absolute atomic E-state index is 0.0610. The summed E-state index contributed by atoms with van der Waals surface area (Å²) < 4.78 is 10.4. The fraction of sp³-hybridized carbons (Fsp3) is 0.421. The zero-order chi connectivity index (χ0) is 18.7. The second-order valence-electron chi connectivity index (χ2n) is 6.64. The Morgan fingerprint density at radius 2 is 2.04 bits per heavy atom. The number of carbonyl (C=O) groups is 2. The van der Waals surface area contributed by atoms with Crippen LogP contribution in [0, 0.1) is 5.92 Å². The molecule has 1 aromatic heterocycles. The van der Waals surface area contributed by atoms with Crippen molar-refractivity contribution in [2.75, 3.05) is 7.11 Å². The van der Waals surface area contributed by atoms with Crippen LogP contribution in [-0.2, 0) is 27.3 Å². The van der Waals surface area contributed by atoms with Crippen molar-refractivity contribution in [2.24, 2.45) is 5.92 Å². The summed E-state index contributed by atoms with van der Waals surface area (Å²) in [5.74, 6) is -0.410. The van der Waals surface area contributed by atoms with Crippen molar-refractivity contribution < 1.29 is 19.1 Å². The number of H-pyrrole nitrogens is 1. The first-order valence-corrected chi connectivity index (χ1v) is 8.62. The van der Waals surface area contributed by atoms with Crippen molar-refractivity contribution in [1.82, 2.24) is 14.9 Å². The van der Waals surface area contributed by atoms with Crippen molar-refractivity contribution in [3.8, 4) is 0 Å². The standard InChI is InChI=1S/C19H23N3O4/c1-12(2)17-16-14(20-11-21-16)9-15(18(23)25-3)22(17)19(24)26-10-13-7-5-4-6-8-13/h4-8,11-12,15,17H,9-10H2,1-3H3,(H,20,21)/t15-,17-/m0/s1. The monoisotopic (exact) mass is 357 g/mol. The second kappa shape index (κ2) is 7.59. The molecule has 0 spiro atoms. The predicted molar refractivity (Wildman–Crippen MR) is 94.1 cm³/mol. The van der Waals surface area contributed by atoms with Gasteiger partial charge in [-0.05, 0) is 11.5 Å². The van der Waals surface area contributed by atoms with Gasteiger partial charge in [-0.2, -0.15) is 0 Å². The fourth-order valence-corrected chi connectivity index (χ4v) is 3.39. The number of amides is 1. The highest BCUT2D eigenvalue weighted by atomic mass is 16.6. The van der Waals surface area contributed by atoms with E-state index in [1.165, 1.54) is 12.0 Å². The Kier molecular flexibility index (Phi) is 5.25. The van der Waals surface area contributed by atoms with Crippen molar-refractivity contribution in [3.05, 3.63) is 53.6 Å². The second-order valence-corrected chi connectivity index (χ2v) is 6.64. The first kappa shape index (κ1) is 18.0. The lowest BCUT2D eigenvalue weighted by atomic mass is 9.89. The van der Waals surface area contributed by atoms with E-state index >= 15 is 0 Å². The van der Waals surface area contributed by atoms with E-state index in [4.69, 9.17) is 9.47 Å². The third-order valence-electron chi connectivity index (χ3n) is 4.59. The predicted octanol–water partition coefficient (Wildman–Crippen LogP) is 2.84. The Balaban J connectivity index is 1.88. The summed E-state index contributed by atoms with van der Waals surface area (Å²) in [6.45, 7) is 4.13. The van der Waals surface area contributed by atoms with Crippen molar-refractivity contribution in [3.63, 3.8) is 0 Å². The summed E-state index contributed by atoms with van der Waals surface area (Å²) in [4.78, 5) is 34.2. The SMILES string of the molecule is COC(=O)[C@@H]1Cc2nc[nH]c2[C@H](C(C)C)N1C(=O)OCc1ccccc1. The largest absolute Gasteiger partial charge is 0.467 e. The number of fused-ring (bicyclic) bond motifs is 1. The molecule has 1 N–H and O–H groups in total. The van der Waals surface area contributed by atoms with Gasteiger partial charge in [-0.25, -0.2) is 14.6 Å². The van der Waals surface area contributed by atoms with Gasteiger partial charge < -0.3 is 14.5 Å². The molecule has 26 heavy (non-hydrogen) atoms. The fourth-order valence-electron chi connectivity index (χ4n) is 3.39. The minimum Gasteiger partial charge on any atom is -0.467 e. The van der Waals surface area contributed by atoms with Crippen molar-refractivity contribution in [1.29, 1.82) is 0 Å². The summed E-state index contributed by atoms with van der Waals surface area (Å²) in [7, 11) is 1.32. The Hall–Kier alpha value is -2.83. The van der Waals surface area contributed by atoms with Crippen LogP contribution in [0.3, 0.4) is 0 Å². The molecule has 1 aliphatic heterocycles. The van der Waals surface area contributed by atoms with E-state index < -0.39 is 18.1 Å². The first-order chi connectivity index (χ1) is 12.5. The Bertz CT molecular complexity index is 772. The summed E-state index contributed by atoms with van der Waals surface area (Å²) >= 11 is 0. The number of nitrogens with zero attached hydrogens (tertiary/aromatic N) is 2. The van der Waals surface area contributed by atoms with Crippen LogP contribution in [0.15, 0.2) is 36.7 Å². The number of methoxy groups -OCH3 is 1. The Morgan fingerprint density at radius 3 is 2.69 bits per heavy atom. The molecule has 2 heterocycles. The Labute approximate surface area is 152 Å². The lowest BCUT2D eigenvalue weighted by molar-refractivity contribution is -0.148. The lowest BCUT2D eigenvalue weighted by Gasteiger charge is -2.40. The number of carbonyl (C=O) groups excluding carboxylic acids is 2. The topological polar surface area (TPSA) is 84.5 Å². The minimum atomic E-state index is -0.758. The molecule has 0 aliphatic carbocycles. The number of esters is 1. The average molecular weight is 357 g/mol. The van der Waals surface area contributed by atoms with Crippen LogP contribution in [0.5, 0.6) is 0 Å². The number of aromatic nitrogens is 2. The van der Waals surface area contributed by atoms with Crippen LogP contribution in [0.2, 0.25) is 0 Å². The molecule has 2 aromatic rings. The van der Waals surface area contributed by atoms with Gasteiger partial charge in [0.05, 0.1) is 30.9 Å². The van der Waals surface area contributed by atoms with E-state index in [0.29, 0.717) is 6.42 Å². The summed E-state index contributed by atoms with van der Waals surface area (Å²) in [6.07, 6.45) is 1.35. The van der Waals surface area contributed by atoms with Crippen molar-refractivity contribution >= 4 is 12.1 Å². The molecule has 0 bridgehead atoms. The van der Waals surface area contributed by atoms with Gasteiger partial charge in [-0.3, -0.25) is 4.90 Å². The highest BCUT2D eigenvalue weighted by Crippen LogP contribution is 2.37. The van der Waals surface area contributed by atoms with Gasteiger partial charge in [0.15, 0.2) is 0 Å². The lowest BCUT2D eigenvalue weighted by Crippen LogP contribution is -2.53. The maximum absolute atomic E-state index is 12.9. The van der Waals surface area contributed by atoms with E-state index in [1.54, 1.807) is 6.33 Å². The molecule has 7 nitrogen and oxygen atoms in total. The Morgan fingerprint density at radius 1 is 1.31 bits per heavy atom. The molecule has 1 aliphatic rings. The van der Waals surface area contributed by atoms with Crippen molar-refractivity contribution in [2.45, 2.75) is 39.0 Å². The number of imidazole rings is 1. The number of hydrogen-bond donors (Lipinski definition) is 1. The average Bonchev–Trinajstić information content (AvgIpc) is 3.12.